The van der Waals surface area contributed by atoms with Crippen LogP contribution in [0.4, 0.5) is 0 Å². The van der Waals surface area contributed by atoms with Crippen molar-refractivity contribution in [3.63, 3.8) is 0 Å². The van der Waals surface area contributed by atoms with E-state index in [2.05, 4.69) is 5.48 Å². The Bertz CT molecular complexity index is 802. The highest BCUT2D eigenvalue weighted by Crippen LogP contribution is 2.23. The average Bonchev–Trinajstić information content (AvgIpc) is 2.80. The molecule has 2 aromatic rings. The van der Waals surface area contributed by atoms with Crippen molar-refractivity contribution in [2.45, 2.75) is 13.5 Å². The van der Waals surface area contributed by atoms with Crippen LogP contribution in [-0.4, -0.2) is 29.2 Å². The summed E-state index contributed by atoms with van der Waals surface area (Å²) in [6.45, 7) is 1.67. The predicted octanol–water partition coefficient (Wildman–Crippen LogP) is 1.84. The van der Waals surface area contributed by atoms with E-state index in [0.29, 0.717) is 11.1 Å². The molecule has 6 heteroatoms. The van der Waals surface area contributed by atoms with Crippen molar-refractivity contribution in [3.05, 3.63) is 70.8 Å². The number of imide groups is 1. The third-order valence-corrected chi connectivity index (χ3v) is 3.70. The zero-order valence-corrected chi connectivity index (χ0v) is 13.1. The quantitative estimate of drug-likeness (QED) is 0.672. The highest BCUT2D eigenvalue weighted by Gasteiger charge is 2.36. The summed E-state index contributed by atoms with van der Waals surface area (Å²) in [6, 6.07) is 14.3. The van der Waals surface area contributed by atoms with E-state index in [9.17, 15) is 14.4 Å². The number of benzene rings is 2. The molecule has 1 N–H and O–H groups in total. The van der Waals surface area contributed by atoms with E-state index in [4.69, 9.17) is 4.84 Å². The second-order valence-corrected chi connectivity index (χ2v) is 5.55. The summed E-state index contributed by atoms with van der Waals surface area (Å²) in [4.78, 5) is 42.5. The molecule has 6 nitrogen and oxygen atoms in total. The van der Waals surface area contributed by atoms with Gasteiger partial charge in [0.05, 0.1) is 17.7 Å². The highest BCUT2D eigenvalue weighted by atomic mass is 16.6. The lowest BCUT2D eigenvalue weighted by molar-refractivity contribution is -0.134. The molecule has 24 heavy (non-hydrogen) atoms. The number of aryl methyl sites for hydroxylation is 1. The van der Waals surface area contributed by atoms with Crippen LogP contribution in [0.5, 0.6) is 0 Å². The summed E-state index contributed by atoms with van der Waals surface area (Å²) in [7, 11) is 0. The van der Waals surface area contributed by atoms with E-state index >= 15 is 0 Å². The Morgan fingerprint density at radius 2 is 1.75 bits per heavy atom. The monoisotopic (exact) mass is 324 g/mol. The molecule has 0 fully saturated rings. The van der Waals surface area contributed by atoms with Crippen LogP contribution < -0.4 is 5.48 Å². The molecule has 122 valence electrons. The summed E-state index contributed by atoms with van der Waals surface area (Å²) >= 11 is 0. The van der Waals surface area contributed by atoms with Gasteiger partial charge in [-0.15, -0.1) is 0 Å². The summed E-state index contributed by atoms with van der Waals surface area (Å²) in [5.74, 6) is -1.48. The fourth-order valence-corrected chi connectivity index (χ4v) is 2.50. The van der Waals surface area contributed by atoms with Crippen molar-refractivity contribution in [2.75, 3.05) is 6.54 Å². The van der Waals surface area contributed by atoms with Crippen LogP contribution in [0.2, 0.25) is 0 Å². The summed E-state index contributed by atoms with van der Waals surface area (Å²) in [5.41, 5.74) is 4.69. The maximum Gasteiger partial charge on any atom is 0.263 e. The van der Waals surface area contributed by atoms with Crippen LogP contribution in [0.1, 0.15) is 31.8 Å². The smallest absolute Gasteiger partial charge is 0.263 e. The lowest BCUT2D eigenvalue weighted by Crippen LogP contribution is -2.40. The Morgan fingerprint density at radius 1 is 1.04 bits per heavy atom. The molecule has 0 unspecified atom stereocenters. The van der Waals surface area contributed by atoms with Gasteiger partial charge in [0.25, 0.3) is 17.7 Å². The van der Waals surface area contributed by atoms with Gasteiger partial charge in [-0.25, -0.2) is 5.48 Å². The van der Waals surface area contributed by atoms with Gasteiger partial charge in [0.2, 0.25) is 0 Å². The second kappa shape index (κ2) is 6.64. The molecule has 0 atom stereocenters. The van der Waals surface area contributed by atoms with Gasteiger partial charge in [0.15, 0.2) is 0 Å². The van der Waals surface area contributed by atoms with Crippen LogP contribution in [0, 0.1) is 6.92 Å². The lowest BCUT2D eigenvalue weighted by Gasteiger charge is -2.13. The highest BCUT2D eigenvalue weighted by molar-refractivity contribution is 6.22. The zero-order valence-electron chi connectivity index (χ0n) is 13.1. The fraction of sp³-hybridized carbons (Fsp3) is 0.167. The third kappa shape index (κ3) is 3.18. The summed E-state index contributed by atoms with van der Waals surface area (Å²) in [6.07, 6.45) is 0. The number of hydrogen-bond acceptors (Lipinski definition) is 4. The number of hydrogen-bond donors (Lipinski definition) is 1. The Kier molecular flexibility index (Phi) is 4.39. The topological polar surface area (TPSA) is 75.7 Å². The SMILES string of the molecule is Cc1ccc2c(c1)C(=O)N(CC(=O)NOCc1ccccc1)C2=O. The molecule has 3 amide bonds. The van der Waals surface area contributed by atoms with Gasteiger partial charge in [0.1, 0.15) is 6.54 Å². The first-order valence-electron chi connectivity index (χ1n) is 7.47. The maximum atomic E-state index is 12.3. The minimum Gasteiger partial charge on any atom is -0.271 e. The van der Waals surface area contributed by atoms with Crippen molar-refractivity contribution < 1.29 is 19.2 Å². The Hall–Kier alpha value is -2.99. The first-order chi connectivity index (χ1) is 11.6. The van der Waals surface area contributed by atoms with Gasteiger partial charge in [0, 0.05) is 0 Å². The first-order valence-corrected chi connectivity index (χ1v) is 7.47. The van der Waals surface area contributed by atoms with E-state index in [1.807, 2.05) is 37.3 Å². The van der Waals surface area contributed by atoms with Gasteiger partial charge < -0.3 is 0 Å². The Labute approximate surface area is 139 Å². The number of fused-ring (bicyclic) bond motifs is 1. The third-order valence-electron chi connectivity index (χ3n) is 3.70. The zero-order chi connectivity index (χ0) is 17.1. The normalized spacial score (nSPS) is 13.1. The number of nitrogens with zero attached hydrogens (tertiary/aromatic N) is 1. The van der Waals surface area contributed by atoms with Gasteiger partial charge >= 0.3 is 0 Å². The van der Waals surface area contributed by atoms with E-state index in [1.165, 1.54) is 0 Å². The second-order valence-electron chi connectivity index (χ2n) is 5.55. The van der Waals surface area contributed by atoms with Crippen molar-refractivity contribution >= 4 is 17.7 Å². The van der Waals surface area contributed by atoms with E-state index in [0.717, 1.165) is 16.0 Å². The average molecular weight is 324 g/mol. The van der Waals surface area contributed by atoms with E-state index in [-0.39, 0.29) is 13.2 Å². The standard InChI is InChI=1S/C18H16N2O4/c1-12-7-8-14-15(9-12)18(23)20(17(14)22)10-16(21)19-24-11-13-5-3-2-4-6-13/h2-9H,10-11H2,1H3,(H,19,21). The molecule has 0 aromatic heterocycles. The number of hydroxylamine groups is 1. The van der Waals surface area contributed by atoms with Gasteiger partial charge in [-0.3, -0.25) is 24.1 Å². The maximum absolute atomic E-state index is 12.3. The molecule has 1 heterocycles. The molecule has 0 aliphatic carbocycles. The molecule has 1 aliphatic rings. The van der Waals surface area contributed by atoms with Crippen molar-refractivity contribution in [3.8, 4) is 0 Å². The predicted molar refractivity (Wildman–Crippen MR) is 85.9 cm³/mol. The van der Waals surface area contributed by atoms with E-state index in [1.54, 1.807) is 18.2 Å². The molecule has 3 rings (SSSR count). The molecule has 0 saturated heterocycles. The van der Waals surface area contributed by atoms with Crippen molar-refractivity contribution in [2.24, 2.45) is 0 Å². The minimum absolute atomic E-state index is 0.202. The minimum atomic E-state index is -0.558. The molecular weight excluding hydrogens is 308 g/mol. The summed E-state index contributed by atoms with van der Waals surface area (Å²) < 4.78 is 0. The van der Waals surface area contributed by atoms with Crippen LogP contribution >= 0.6 is 0 Å². The Balaban J connectivity index is 1.57. The van der Waals surface area contributed by atoms with Crippen LogP contribution in [-0.2, 0) is 16.2 Å². The van der Waals surface area contributed by atoms with Crippen molar-refractivity contribution in [1.29, 1.82) is 0 Å². The van der Waals surface area contributed by atoms with Gasteiger partial charge in [-0.1, -0.05) is 42.0 Å². The molecule has 1 aliphatic heterocycles. The van der Waals surface area contributed by atoms with Crippen LogP contribution in [0.15, 0.2) is 48.5 Å². The van der Waals surface area contributed by atoms with Crippen LogP contribution in [0.25, 0.3) is 0 Å². The number of rotatable bonds is 5. The molecule has 0 spiro atoms. The number of nitrogens with one attached hydrogen (secondary N) is 1. The molecule has 0 saturated carbocycles. The summed E-state index contributed by atoms with van der Waals surface area (Å²) in [5, 5.41) is 0. The molecule has 0 radical (unpaired) electrons. The molecule has 2 aromatic carbocycles. The number of amides is 3. The Morgan fingerprint density at radius 3 is 2.50 bits per heavy atom. The molecule has 0 bridgehead atoms. The number of carbonyl (C=O) groups is 3. The molecular formula is C18H16N2O4. The van der Waals surface area contributed by atoms with Crippen LogP contribution in [0.3, 0.4) is 0 Å². The fourth-order valence-electron chi connectivity index (χ4n) is 2.50. The van der Waals surface area contributed by atoms with E-state index < -0.39 is 17.7 Å². The van der Waals surface area contributed by atoms with Gasteiger partial charge in [-0.05, 0) is 24.6 Å². The number of carbonyl (C=O) groups excluding carboxylic acids is 3. The first kappa shape index (κ1) is 15.9. The largest absolute Gasteiger partial charge is 0.271 e. The van der Waals surface area contributed by atoms with Crippen molar-refractivity contribution in [1.82, 2.24) is 10.4 Å². The van der Waals surface area contributed by atoms with Gasteiger partial charge in [-0.2, -0.15) is 0 Å². The lowest BCUT2D eigenvalue weighted by atomic mass is 10.1.